The first-order valence-electron chi connectivity index (χ1n) is 8.10. The van der Waals surface area contributed by atoms with Crippen molar-refractivity contribution in [2.24, 2.45) is 5.92 Å². The van der Waals surface area contributed by atoms with E-state index in [1.54, 1.807) is 12.0 Å². The average molecular weight is 321 g/mol. The number of ether oxygens (including phenoxy) is 1. The van der Waals surface area contributed by atoms with E-state index in [1.165, 1.54) is 0 Å². The third kappa shape index (κ3) is 3.24. The minimum absolute atomic E-state index is 0.0339. The lowest BCUT2D eigenvalue weighted by molar-refractivity contribution is -0.137. The molecule has 1 aromatic heterocycles. The third-order valence-electron chi connectivity index (χ3n) is 4.64. The molecule has 0 aromatic carbocycles. The van der Waals surface area contributed by atoms with Crippen molar-refractivity contribution in [1.82, 2.24) is 15.0 Å². The molecule has 0 N–H and O–H groups in total. The maximum atomic E-state index is 12.9. The van der Waals surface area contributed by atoms with Gasteiger partial charge in [-0.1, -0.05) is 5.16 Å². The summed E-state index contributed by atoms with van der Waals surface area (Å²) in [5.74, 6) is 0.569. The third-order valence-corrected chi connectivity index (χ3v) is 4.64. The van der Waals surface area contributed by atoms with Crippen molar-refractivity contribution in [1.29, 1.82) is 0 Å². The fraction of sp³-hybridized carbons (Fsp3) is 0.688. The van der Waals surface area contributed by atoms with Crippen LogP contribution < -0.4 is 0 Å². The second kappa shape index (κ2) is 6.70. The van der Waals surface area contributed by atoms with Gasteiger partial charge in [-0.2, -0.15) is 0 Å². The summed E-state index contributed by atoms with van der Waals surface area (Å²) in [5.41, 5.74) is 0.820. The van der Waals surface area contributed by atoms with Crippen LogP contribution in [0.15, 0.2) is 10.6 Å². The zero-order valence-electron chi connectivity index (χ0n) is 13.7. The Morgan fingerprint density at radius 2 is 2.35 bits per heavy atom. The minimum Gasteiger partial charge on any atom is -0.383 e. The van der Waals surface area contributed by atoms with Crippen LogP contribution in [0.3, 0.4) is 0 Å². The quantitative estimate of drug-likeness (QED) is 0.813. The van der Waals surface area contributed by atoms with Gasteiger partial charge in [0, 0.05) is 39.2 Å². The molecule has 7 heteroatoms. The number of carbonyl (C=O) groups excluding carboxylic acids is 2. The Morgan fingerprint density at radius 3 is 3.04 bits per heavy atom. The first kappa shape index (κ1) is 16.0. The second-order valence-corrected chi connectivity index (χ2v) is 6.29. The van der Waals surface area contributed by atoms with E-state index in [2.05, 4.69) is 5.16 Å². The van der Waals surface area contributed by atoms with Crippen molar-refractivity contribution in [3.63, 3.8) is 0 Å². The number of hydrogen-bond donors (Lipinski definition) is 0. The van der Waals surface area contributed by atoms with E-state index in [0.29, 0.717) is 32.7 Å². The van der Waals surface area contributed by atoms with Gasteiger partial charge in [-0.25, -0.2) is 0 Å². The van der Waals surface area contributed by atoms with Crippen LogP contribution in [-0.4, -0.2) is 60.1 Å². The molecule has 0 unspecified atom stereocenters. The summed E-state index contributed by atoms with van der Waals surface area (Å²) in [6, 6.07) is 1.84. The van der Waals surface area contributed by atoms with Gasteiger partial charge in [0.25, 0.3) is 0 Å². The highest BCUT2D eigenvalue weighted by Crippen LogP contribution is 2.34. The molecule has 7 nitrogen and oxygen atoms in total. The van der Waals surface area contributed by atoms with Gasteiger partial charge in [-0.3, -0.25) is 9.59 Å². The van der Waals surface area contributed by atoms with Gasteiger partial charge in [-0.15, -0.1) is 0 Å². The van der Waals surface area contributed by atoms with Crippen molar-refractivity contribution in [2.45, 2.75) is 32.2 Å². The Balaban J connectivity index is 1.66. The monoisotopic (exact) mass is 321 g/mol. The standard InChI is InChI=1S/C16H23N3O4/c1-11-8-14(23-17-11)13-4-3-5-19(13)16(21)12-9-15(20)18(10-12)6-7-22-2/h8,12-13H,3-7,9-10H2,1-2H3/t12-,13+/m1/s1. The number of nitrogens with zero attached hydrogens (tertiary/aromatic N) is 3. The van der Waals surface area contributed by atoms with Crippen LogP contribution in [-0.2, 0) is 14.3 Å². The molecule has 0 saturated carbocycles. The van der Waals surface area contributed by atoms with Crippen molar-refractivity contribution in [3.8, 4) is 0 Å². The summed E-state index contributed by atoms with van der Waals surface area (Å²) in [5, 5.41) is 3.92. The SMILES string of the molecule is COCCN1C[C@H](C(=O)N2CCC[C@H]2c2cc(C)no2)CC1=O. The van der Waals surface area contributed by atoms with Crippen LogP contribution >= 0.6 is 0 Å². The molecule has 0 bridgehead atoms. The van der Waals surface area contributed by atoms with Crippen molar-refractivity contribution >= 4 is 11.8 Å². The molecule has 23 heavy (non-hydrogen) atoms. The maximum absolute atomic E-state index is 12.9. The lowest BCUT2D eigenvalue weighted by Crippen LogP contribution is -2.37. The highest BCUT2D eigenvalue weighted by molar-refractivity contribution is 5.89. The molecular weight excluding hydrogens is 298 g/mol. The molecule has 0 aliphatic carbocycles. The number of carbonyl (C=O) groups is 2. The van der Waals surface area contributed by atoms with Crippen molar-refractivity contribution in [2.75, 3.05) is 33.4 Å². The molecule has 2 amide bonds. The van der Waals surface area contributed by atoms with Gasteiger partial charge >= 0.3 is 0 Å². The summed E-state index contributed by atoms with van der Waals surface area (Å²) >= 11 is 0. The molecule has 0 spiro atoms. The molecule has 2 aliphatic rings. The van der Waals surface area contributed by atoms with Crippen LogP contribution in [0.5, 0.6) is 0 Å². The summed E-state index contributed by atoms with van der Waals surface area (Å²) < 4.78 is 10.4. The van der Waals surface area contributed by atoms with E-state index in [-0.39, 0.29) is 23.8 Å². The average Bonchev–Trinajstić information content (AvgIpc) is 3.24. The number of rotatable bonds is 5. The molecule has 2 fully saturated rings. The lowest BCUT2D eigenvalue weighted by atomic mass is 10.1. The normalized spacial score (nSPS) is 24.7. The second-order valence-electron chi connectivity index (χ2n) is 6.29. The summed E-state index contributed by atoms with van der Waals surface area (Å²) in [4.78, 5) is 28.5. The Morgan fingerprint density at radius 1 is 1.52 bits per heavy atom. The number of hydrogen-bond acceptors (Lipinski definition) is 5. The van der Waals surface area contributed by atoms with E-state index in [9.17, 15) is 9.59 Å². The van der Waals surface area contributed by atoms with Crippen molar-refractivity contribution < 1.29 is 18.8 Å². The van der Waals surface area contributed by atoms with Gasteiger partial charge in [0.05, 0.1) is 24.3 Å². The predicted octanol–water partition coefficient (Wildman–Crippen LogP) is 1.14. The zero-order valence-corrected chi connectivity index (χ0v) is 13.7. The number of likely N-dealkylation sites (tertiary alicyclic amines) is 2. The highest BCUT2D eigenvalue weighted by atomic mass is 16.5. The molecule has 2 aliphatic heterocycles. The predicted molar refractivity (Wildman–Crippen MR) is 81.5 cm³/mol. The summed E-state index contributed by atoms with van der Waals surface area (Å²) in [7, 11) is 1.61. The van der Waals surface area contributed by atoms with E-state index in [1.807, 2.05) is 17.9 Å². The maximum Gasteiger partial charge on any atom is 0.228 e. The van der Waals surface area contributed by atoms with Crippen LogP contribution in [0.25, 0.3) is 0 Å². The van der Waals surface area contributed by atoms with Gasteiger partial charge < -0.3 is 19.1 Å². The number of amides is 2. The van der Waals surface area contributed by atoms with Gasteiger partial charge in [0.2, 0.25) is 11.8 Å². The smallest absolute Gasteiger partial charge is 0.228 e. The van der Waals surface area contributed by atoms with Gasteiger partial charge in [-0.05, 0) is 19.8 Å². The summed E-state index contributed by atoms with van der Waals surface area (Å²) in [6.45, 7) is 4.11. The van der Waals surface area contributed by atoms with Crippen LogP contribution in [0.4, 0.5) is 0 Å². The number of aromatic nitrogens is 1. The van der Waals surface area contributed by atoms with Crippen LogP contribution in [0.2, 0.25) is 0 Å². The molecule has 3 rings (SSSR count). The fourth-order valence-corrected chi connectivity index (χ4v) is 3.46. The molecule has 0 radical (unpaired) electrons. The lowest BCUT2D eigenvalue weighted by Gasteiger charge is -2.25. The van der Waals surface area contributed by atoms with Crippen LogP contribution in [0.1, 0.15) is 36.8 Å². The Bertz CT molecular complexity index is 586. The van der Waals surface area contributed by atoms with E-state index in [0.717, 1.165) is 24.3 Å². The largest absolute Gasteiger partial charge is 0.383 e. The molecule has 2 atom stereocenters. The molecular formula is C16H23N3O4. The zero-order chi connectivity index (χ0) is 16.4. The molecule has 126 valence electrons. The molecule has 2 saturated heterocycles. The number of aryl methyl sites for hydroxylation is 1. The molecule has 3 heterocycles. The van der Waals surface area contributed by atoms with E-state index < -0.39 is 0 Å². The minimum atomic E-state index is -0.260. The van der Waals surface area contributed by atoms with E-state index in [4.69, 9.17) is 9.26 Å². The first-order chi connectivity index (χ1) is 11.1. The first-order valence-corrected chi connectivity index (χ1v) is 8.10. The Kier molecular flexibility index (Phi) is 4.66. The summed E-state index contributed by atoms with van der Waals surface area (Å²) in [6.07, 6.45) is 2.12. The van der Waals surface area contributed by atoms with E-state index >= 15 is 0 Å². The Hall–Kier alpha value is -1.89. The van der Waals surface area contributed by atoms with Crippen molar-refractivity contribution in [3.05, 3.63) is 17.5 Å². The topological polar surface area (TPSA) is 75.9 Å². The van der Waals surface area contributed by atoms with Gasteiger partial charge in [0.15, 0.2) is 5.76 Å². The Labute approximate surface area is 135 Å². The fourth-order valence-electron chi connectivity index (χ4n) is 3.46. The van der Waals surface area contributed by atoms with Crippen LogP contribution in [0, 0.1) is 12.8 Å². The number of methoxy groups -OCH3 is 1. The van der Waals surface area contributed by atoms with Gasteiger partial charge in [0.1, 0.15) is 0 Å². The molecule has 1 aromatic rings. The highest BCUT2D eigenvalue weighted by Gasteiger charge is 2.40.